The number of halogens is 1. The molecule has 156 valence electrons. The normalized spacial score (nSPS) is 17.4. The van der Waals surface area contributed by atoms with Gasteiger partial charge in [0.05, 0.1) is 17.2 Å². The first-order valence-corrected chi connectivity index (χ1v) is 12.2. The van der Waals surface area contributed by atoms with Crippen molar-refractivity contribution in [3.8, 4) is 0 Å². The number of carbonyl (C=O) groups is 1. The highest BCUT2D eigenvalue weighted by molar-refractivity contribution is 7.91. The highest BCUT2D eigenvalue weighted by Gasteiger charge is 2.33. The topological polar surface area (TPSA) is 101 Å². The van der Waals surface area contributed by atoms with Gasteiger partial charge >= 0.3 is 0 Å². The molecule has 0 aliphatic carbocycles. The number of sulfonamides is 1. The average Bonchev–Trinajstić information content (AvgIpc) is 3.14. The van der Waals surface area contributed by atoms with Gasteiger partial charge in [0, 0.05) is 12.6 Å². The SMILES string of the molecule is O=C(CNS(=O)(=O)c1ccccc1F)N1CCCC1CS(=O)(=O)c1ccccc1. The third-order valence-electron chi connectivity index (χ3n) is 4.75. The quantitative estimate of drug-likeness (QED) is 0.704. The monoisotopic (exact) mass is 440 g/mol. The maximum Gasteiger partial charge on any atom is 0.243 e. The van der Waals surface area contributed by atoms with Crippen molar-refractivity contribution in [2.45, 2.75) is 28.7 Å². The van der Waals surface area contributed by atoms with Crippen LogP contribution in [-0.2, 0) is 24.7 Å². The number of rotatable bonds is 7. The molecule has 0 spiro atoms. The van der Waals surface area contributed by atoms with Gasteiger partial charge in [-0.3, -0.25) is 4.79 Å². The Balaban J connectivity index is 1.67. The number of likely N-dealkylation sites (tertiary alicyclic amines) is 1. The molecule has 1 amide bonds. The number of nitrogens with zero attached hydrogens (tertiary/aromatic N) is 1. The van der Waals surface area contributed by atoms with E-state index in [-0.39, 0.29) is 10.6 Å². The van der Waals surface area contributed by atoms with Crippen LogP contribution in [0.3, 0.4) is 0 Å². The van der Waals surface area contributed by atoms with Crippen molar-refractivity contribution < 1.29 is 26.0 Å². The van der Waals surface area contributed by atoms with Gasteiger partial charge < -0.3 is 4.90 Å². The van der Waals surface area contributed by atoms with Crippen molar-refractivity contribution in [1.29, 1.82) is 0 Å². The number of benzene rings is 2. The molecule has 0 bridgehead atoms. The predicted octanol–water partition coefficient (Wildman–Crippen LogP) is 1.57. The Kier molecular flexibility index (Phi) is 6.35. The smallest absolute Gasteiger partial charge is 0.243 e. The largest absolute Gasteiger partial charge is 0.338 e. The van der Waals surface area contributed by atoms with E-state index in [2.05, 4.69) is 4.72 Å². The standard InChI is InChI=1S/C19H21FN2O5S2/c20-17-10-4-5-11-18(17)29(26,27)21-13-19(23)22-12-6-7-15(22)14-28(24,25)16-8-2-1-3-9-16/h1-5,8-11,15,21H,6-7,12-14H2. The van der Waals surface area contributed by atoms with Crippen LogP contribution >= 0.6 is 0 Å². The van der Waals surface area contributed by atoms with Gasteiger partial charge in [0.15, 0.2) is 9.84 Å². The van der Waals surface area contributed by atoms with Gasteiger partial charge in [0.25, 0.3) is 0 Å². The van der Waals surface area contributed by atoms with Crippen molar-refractivity contribution in [3.05, 3.63) is 60.4 Å². The summed E-state index contributed by atoms with van der Waals surface area (Å²) in [6.45, 7) is -0.228. The molecule has 29 heavy (non-hydrogen) atoms. The molecular formula is C19H21FN2O5S2. The zero-order chi connectivity index (χ0) is 21.1. The molecule has 1 fully saturated rings. The maximum atomic E-state index is 13.7. The zero-order valence-corrected chi connectivity index (χ0v) is 17.1. The molecule has 10 heteroatoms. The van der Waals surface area contributed by atoms with Crippen LogP contribution < -0.4 is 4.72 Å². The number of hydrogen-bond acceptors (Lipinski definition) is 5. The van der Waals surface area contributed by atoms with Gasteiger partial charge in [-0.1, -0.05) is 30.3 Å². The van der Waals surface area contributed by atoms with Crippen LogP contribution in [0.25, 0.3) is 0 Å². The summed E-state index contributed by atoms with van der Waals surface area (Å²) in [6.07, 6.45) is 1.14. The zero-order valence-electron chi connectivity index (χ0n) is 15.5. The van der Waals surface area contributed by atoms with E-state index < -0.39 is 49.1 Å². The van der Waals surface area contributed by atoms with E-state index in [0.29, 0.717) is 19.4 Å². The van der Waals surface area contributed by atoms with Gasteiger partial charge in [-0.2, -0.15) is 0 Å². The van der Waals surface area contributed by atoms with Crippen molar-refractivity contribution in [1.82, 2.24) is 9.62 Å². The van der Waals surface area contributed by atoms with Crippen LogP contribution in [-0.4, -0.2) is 52.5 Å². The van der Waals surface area contributed by atoms with Crippen molar-refractivity contribution in [3.63, 3.8) is 0 Å². The van der Waals surface area contributed by atoms with Crippen LogP contribution in [0.1, 0.15) is 12.8 Å². The highest BCUT2D eigenvalue weighted by atomic mass is 32.2. The number of hydrogen-bond donors (Lipinski definition) is 1. The Morgan fingerprint density at radius 1 is 1.03 bits per heavy atom. The summed E-state index contributed by atoms with van der Waals surface area (Å²) in [5, 5.41) is 0. The minimum atomic E-state index is -4.20. The average molecular weight is 441 g/mol. The minimum absolute atomic E-state index is 0.180. The van der Waals surface area contributed by atoms with Gasteiger partial charge in [-0.05, 0) is 37.1 Å². The fourth-order valence-corrected chi connectivity index (χ4v) is 5.98. The Bertz CT molecular complexity index is 1090. The number of amides is 1. The fourth-order valence-electron chi connectivity index (χ4n) is 3.31. The summed E-state index contributed by atoms with van der Waals surface area (Å²) in [6, 6.07) is 12.3. The second kappa shape index (κ2) is 8.60. The molecule has 1 aliphatic rings. The van der Waals surface area contributed by atoms with Crippen LogP contribution in [0.4, 0.5) is 4.39 Å². The van der Waals surface area contributed by atoms with Crippen LogP contribution in [0.5, 0.6) is 0 Å². The lowest BCUT2D eigenvalue weighted by molar-refractivity contribution is -0.130. The van der Waals surface area contributed by atoms with Gasteiger partial charge in [0.1, 0.15) is 10.7 Å². The van der Waals surface area contributed by atoms with E-state index in [1.54, 1.807) is 18.2 Å². The Morgan fingerprint density at radius 3 is 2.38 bits per heavy atom. The third-order valence-corrected chi connectivity index (χ3v) is 8.00. The van der Waals surface area contributed by atoms with Crippen molar-refractivity contribution in [2.24, 2.45) is 0 Å². The molecule has 1 aliphatic heterocycles. The Hall–Kier alpha value is -2.30. The van der Waals surface area contributed by atoms with E-state index in [0.717, 1.165) is 12.1 Å². The Morgan fingerprint density at radius 2 is 1.69 bits per heavy atom. The van der Waals surface area contributed by atoms with Crippen molar-refractivity contribution >= 4 is 25.8 Å². The minimum Gasteiger partial charge on any atom is -0.338 e. The summed E-state index contributed by atoms with van der Waals surface area (Å²) in [7, 11) is -7.79. The van der Waals surface area contributed by atoms with E-state index in [9.17, 15) is 26.0 Å². The summed E-state index contributed by atoms with van der Waals surface area (Å²) in [4.78, 5) is 13.6. The molecule has 1 saturated heterocycles. The van der Waals surface area contributed by atoms with E-state index >= 15 is 0 Å². The summed E-state index contributed by atoms with van der Waals surface area (Å²) < 4.78 is 65.5. The molecule has 2 aromatic carbocycles. The van der Waals surface area contributed by atoms with Crippen molar-refractivity contribution in [2.75, 3.05) is 18.8 Å². The summed E-state index contributed by atoms with van der Waals surface area (Å²) in [5.74, 6) is -1.70. The second-order valence-electron chi connectivity index (χ2n) is 6.73. The van der Waals surface area contributed by atoms with E-state index in [1.165, 1.54) is 29.2 Å². The summed E-state index contributed by atoms with van der Waals surface area (Å²) >= 11 is 0. The first-order chi connectivity index (χ1) is 13.7. The molecule has 1 N–H and O–H groups in total. The van der Waals surface area contributed by atoms with Crippen LogP contribution in [0.15, 0.2) is 64.4 Å². The molecule has 1 heterocycles. The number of sulfone groups is 1. The lowest BCUT2D eigenvalue weighted by Gasteiger charge is -2.25. The van der Waals surface area contributed by atoms with E-state index in [1.807, 2.05) is 0 Å². The van der Waals surface area contributed by atoms with Crippen LogP contribution in [0.2, 0.25) is 0 Å². The van der Waals surface area contributed by atoms with Crippen LogP contribution in [0, 0.1) is 5.82 Å². The first-order valence-electron chi connectivity index (χ1n) is 9.02. The molecule has 7 nitrogen and oxygen atoms in total. The lowest BCUT2D eigenvalue weighted by Crippen LogP contribution is -2.44. The van der Waals surface area contributed by atoms with E-state index in [4.69, 9.17) is 0 Å². The number of carbonyl (C=O) groups excluding carboxylic acids is 1. The molecular weight excluding hydrogens is 419 g/mol. The third kappa shape index (κ3) is 5.01. The molecule has 0 saturated carbocycles. The summed E-state index contributed by atoms with van der Waals surface area (Å²) in [5.41, 5.74) is 0. The fraction of sp³-hybridized carbons (Fsp3) is 0.316. The predicted molar refractivity (Wildman–Crippen MR) is 105 cm³/mol. The molecule has 2 aromatic rings. The Labute approximate surface area is 169 Å². The maximum absolute atomic E-state index is 13.7. The number of nitrogens with one attached hydrogen (secondary N) is 1. The molecule has 1 unspecified atom stereocenters. The molecule has 0 aromatic heterocycles. The molecule has 1 atom stereocenters. The first kappa shape index (κ1) is 21.4. The van der Waals surface area contributed by atoms with Gasteiger partial charge in [0.2, 0.25) is 15.9 Å². The molecule has 0 radical (unpaired) electrons. The van der Waals surface area contributed by atoms with Gasteiger partial charge in [-0.15, -0.1) is 0 Å². The molecule has 3 rings (SSSR count). The lowest BCUT2D eigenvalue weighted by atomic mass is 10.2. The highest BCUT2D eigenvalue weighted by Crippen LogP contribution is 2.22. The second-order valence-corrected chi connectivity index (χ2v) is 10.5. The van der Waals surface area contributed by atoms with Gasteiger partial charge in [-0.25, -0.2) is 25.9 Å².